The number of rotatable bonds is 3. The number of benzene rings is 1. The molecule has 0 saturated carbocycles. The first-order valence-electron chi connectivity index (χ1n) is 5.16. The van der Waals surface area contributed by atoms with Crippen molar-refractivity contribution in [2.45, 2.75) is 19.4 Å². The van der Waals surface area contributed by atoms with Gasteiger partial charge in [0, 0.05) is 23.2 Å². The molecule has 17 heavy (non-hydrogen) atoms. The maximum absolute atomic E-state index is 12.1. The number of anilines is 1. The van der Waals surface area contributed by atoms with Crippen LogP contribution in [0.5, 0.6) is 0 Å². The molecule has 1 aromatic rings. The number of nitrogens with zero attached hydrogens (tertiary/aromatic N) is 2. The second-order valence-electron chi connectivity index (χ2n) is 3.86. The lowest BCUT2D eigenvalue weighted by molar-refractivity contribution is 0.0747. The van der Waals surface area contributed by atoms with E-state index >= 15 is 0 Å². The minimum atomic E-state index is -0.174. The summed E-state index contributed by atoms with van der Waals surface area (Å²) in [6, 6.07) is 7.06. The van der Waals surface area contributed by atoms with E-state index in [9.17, 15) is 4.79 Å². The molecule has 0 bridgehead atoms. The molecular weight excluding hydrogens is 282 g/mol. The van der Waals surface area contributed by atoms with Gasteiger partial charge in [0.25, 0.3) is 5.91 Å². The molecule has 2 N–H and O–H groups in total. The molecule has 1 atom stereocenters. The summed E-state index contributed by atoms with van der Waals surface area (Å²) in [5.41, 5.74) is 6.66. The molecule has 0 fully saturated rings. The molecule has 0 saturated heterocycles. The predicted molar refractivity (Wildman–Crippen MR) is 70.3 cm³/mol. The fourth-order valence-electron chi connectivity index (χ4n) is 1.37. The van der Waals surface area contributed by atoms with Gasteiger partial charge in [-0.2, -0.15) is 5.26 Å². The van der Waals surface area contributed by atoms with Crippen molar-refractivity contribution in [2.75, 3.05) is 12.8 Å². The van der Waals surface area contributed by atoms with Crippen molar-refractivity contribution >= 4 is 27.5 Å². The third-order valence-electron chi connectivity index (χ3n) is 2.61. The van der Waals surface area contributed by atoms with Crippen LogP contribution in [0.25, 0.3) is 0 Å². The van der Waals surface area contributed by atoms with Crippen LogP contribution >= 0.6 is 15.9 Å². The number of nitrogen functional groups attached to an aromatic ring is 1. The smallest absolute Gasteiger partial charge is 0.255 e. The fraction of sp³-hybridized carbons (Fsp3) is 0.333. The lowest BCUT2D eigenvalue weighted by Gasteiger charge is -2.23. The zero-order chi connectivity index (χ0) is 13.0. The van der Waals surface area contributed by atoms with Crippen molar-refractivity contribution in [3.63, 3.8) is 0 Å². The van der Waals surface area contributed by atoms with Gasteiger partial charge in [-0.25, -0.2) is 0 Å². The first kappa shape index (κ1) is 13.5. The van der Waals surface area contributed by atoms with Gasteiger partial charge < -0.3 is 10.6 Å². The number of amides is 1. The quantitative estimate of drug-likeness (QED) is 0.871. The molecule has 0 aliphatic heterocycles. The molecule has 0 heterocycles. The number of carbonyl (C=O) groups excluding carboxylic acids is 1. The predicted octanol–water partition coefficient (Wildman–Crippen LogP) is 2.41. The highest BCUT2D eigenvalue weighted by Gasteiger charge is 2.19. The Balaban J connectivity index is 2.96. The lowest BCUT2D eigenvalue weighted by Crippen LogP contribution is -2.35. The molecule has 0 radical (unpaired) electrons. The van der Waals surface area contributed by atoms with Gasteiger partial charge in [0.05, 0.1) is 18.1 Å². The minimum Gasteiger partial charge on any atom is -0.398 e. The van der Waals surface area contributed by atoms with Crippen molar-refractivity contribution in [2.24, 2.45) is 0 Å². The Hall–Kier alpha value is -1.54. The van der Waals surface area contributed by atoms with E-state index < -0.39 is 0 Å². The molecule has 5 heteroatoms. The molecule has 1 aromatic carbocycles. The van der Waals surface area contributed by atoms with Crippen molar-refractivity contribution in [3.05, 3.63) is 28.2 Å². The SMILES string of the molecule is CC(CC#N)N(C)C(=O)c1cc(Br)ccc1N. The van der Waals surface area contributed by atoms with Crippen LogP contribution in [0, 0.1) is 11.3 Å². The Kier molecular flexibility index (Phi) is 4.53. The summed E-state index contributed by atoms with van der Waals surface area (Å²) in [4.78, 5) is 13.7. The average Bonchev–Trinajstić information content (AvgIpc) is 2.30. The van der Waals surface area contributed by atoms with Crippen LogP contribution in [0.4, 0.5) is 5.69 Å². The summed E-state index contributed by atoms with van der Waals surface area (Å²) >= 11 is 3.30. The van der Waals surface area contributed by atoms with E-state index in [1.165, 1.54) is 4.90 Å². The second kappa shape index (κ2) is 5.69. The monoisotopic (exact) mass is 295 g/mol. The molecule has 90 valence electrons. The zero-order valence-electron chi connectivity index (χ0n) is 9.77. The first-order chi connectivity index (χ1) is 7.97. The van der Waals surface area contributed by atoms with Crippen LogP contribution < -0.4 is 5.73 Å². The number of hydrogen-bond donors (Lipinski definition) is 1. The number of nitrogens with two attached hydrogens (primary N) is 1. The second-order valence-corrected chi connectivity index (χ2v) is 4.77. The van der Waals surface area contributed by atoms with Crippen LogP contribution in [0.3, 0.4) is 0 Å². The van der Waals surface area contributed by atoms with Gasteiger partial charge in [0.2, 0.25) is 0 Å². The Morgan fingerprint density at radius 1 is 1.65 bits per heavy atom. The van der Waals surface area contributed by atoms with E-state index in [0.717, 1.165) is 4.47 Å². The van der Waals surface area contributed by atoms with Crippen molar-refractivity contribution in [1.29, 1.82) is 5.26 Å². The largest absolute Gasteiger partial charge is 0.398 e. The van der Waals surface area contributed by atoms with E-state index in [1.54, 1.807) is 25.2 Å². The highest BCUT2D eigenvalue weighted by molar-refractivity contribution is 9.10. The molecule has 0 spiro atoms. The summed E-state index contributed by atoms with van der Waals surface area (Å²) in [6.07, 6.45) is 0.302. The van der Waals surface area contributed by atoms with E-state index in [1.807, 2.05) is 13.0 Å². The molecular formula is C12H14BrN3O. The van der Waals surface area contributed by atoms with Gasteiger partial charge in [-0.05, 0) is 25.1 Å². The number of halogens is 1. The molecule has 1 rings (SSSR count). The van der Waals surface area contributed by atoms with Gasteiger partial charge in [0.15, 0.2) is 0 Å². The third kappa shape index (κ3) is 3.21. The fourth-order valence-corrected chi connectivity index (χ4v) is 1.73. The highest BCUT2D eigenvalue weighted by atomic mass is 79.9. The van der Waals surface area contributed by atoms with Crippen LogP contribution in [0.2, 0.25) is 0 Å². The lowest BCUT2D eigenvalue weighted by atomic mass is 10.1. The van der Waals surface area contributed by atoms with Gasteiger partial charge in [-0.15, -0.1) is 0 Å². The third-order valence-corrected chi connectivity index (χ3v) is 3.11. The Labute approximate surface area is 109 Å². The van der Waals surface area contributed by atoms with E-state index in [-0.39, 0.29) is 11.9 Å². The van der Waals surface area contributed by atoms with Gasteiger partial charge in [0.1, 0.15) is 0 Å². The highest BCUT2D eigenvalue weighted by Crippen LogP contribution is 2.20. The normalized spacial score (nSPS) is 11.6. The summed E-state index contributed by atoms with van der Waals surface area (Å²) < 4.78 is 0.802. The molecule has 1 amide bonds. The van der Waals surface area contributed by atoms with Crippen molar-refractivity contribution in [1.82, 2.24) is 4.90 Å². The van der Waals surface area contributed by atoms with E-state index in [4.69, 9.17) is 11.0 Å². The van der Waals surface area contributed by atoms with Crippen molar-refractivity contribution in [3.8, 4) is 6.07 Å². The maximum Gasteiger partial charge on any atom is 0.255 e. The standard InChI is InChI=1S/C12H14BrN3O/c1-8(5-6-14)16(2)12(17)10-7-9(13)3-4-11(10)15/h3-4,7-8H,5,15H2,1-2H3. The topological polar surface area (TPSA) is 70.1 Å². The Bertz CT molecular complexity index is 467. The minimum absolute atomic E-state index is 0.133. The maximum atomic E-state index is 12.1. The molecule has 0 aliphatic rings. The van der Waals surface area contributed by atoms with Crippen LogP contribution in [0.1, 0.15) is 23.7 Å². The summed E-state index contributed by atoms with van der Waals surface area (Å²) in [6.45, 7) is 1.83. The number of nitriles is 1. The average molecular weight is 296 g/mol. The van der Waals surface area contributed by atoms with Crippen LogP contribution in [-0.4, -0.2) is 23.9 Å². The Morgan fingerprint density at radius 2 is 2.29 bits per heavy atom. The molecule has 1 unspecified atom stereocenters. The molecule has 4 nitrogen and oxygen atoms in total. The summed E-state index contributed by atoms with van der Waals surface area (Å²) in [5, 5.41) is 8.62. The summed E-state index contributed by atoms with van der Waals surface area (Å²) in [5.74, 6) is -0.174. The van der Waals surface area contributed by atoms with Gasteiger partial charge in [-0.3, -0.25) is 4.79 Å². The van der Waals surface area contributed by atoms with Gasteiger partial charge in [-0.1, -0.05) is 15.9 Å². The molecule has 0 aliphatic carbocycles. The number of hydrogen-bond acceptors (Lipinski definition) is 3. The van der Waals surface area contributed by atoms with Crippen LogP contribution in [0.15, 0.2) is 22.7 Å². The first-order valence-corrected chi connectivity index (χ1v) is 5.95. The number of carbonyl (C=O) groups is 1. The Morgan fingerprint density at radius 3 is 2.88 bits per heavy atom. The van der Waals surface area contributed by atoms with Crippen LogP contribution in [-0.2, 0) is 0 Å². The van der Waals surface area contributed by atoms with E-state index in [2.05, 4.69) is 15.9 Å². The van der Waals surface area contributed by atoms with E-state index in [0.29, 0.717) is 17.7 Å². The summed E-state index contributed by atoms with van der Waals surface area (Å²) in [7, 11) is 1.67. The van der Waals surface area contributed by atoms with Gasteiger partial charge >= 0.3 is 0 Å². The zero-order valence-corrected chi connectivity index (χ0v) is 11.4. The van der Waals surface area contributed by atoms with Crippen molar-refractivity contribution < 1.29 is 4.79 Å². The molecule has 0 aromatic heterocycles.